The fourth-order valence-corrected chi connectivity index (χ4v) is 3.58. The molecule has 3 nitrogen and oxygen atoms in total. The van der Waals surface area contributed by atoms with Crippen LogP contribution in [0.3, 0.4) is 0 Å². The van der Waals surface area contributed by atoms with Crippen LogP contribution >= 0.6 is 11.8 Å². The fourth-order valence-electron chi connectivity index (χ4n) is 2.78. The quantitative estimate of drug-likeness (QED) is 0.470. The van der Waals surface area contributed by atoms with Gasteiger partial charge in [-0.05, 0) is 25.0 Å². The second-order valence-corrected chi connectivity index (χ2v) is 6.43. The van der Waals surface area contributed by atoms with Crippen LogP contribution in [0.1, 0.15) is 38.5 Å². The van der Waals surface area contributed by atoms with Crippen molar-refractivity contribution in [3.63, 3.8) is 0 Å². The highest BCUT2D eigenvalue weighted by Gasteiger charge is 2.12. The molecule has 108 valence electrons. The predicted molar refractivity (Wildman–Crippen MR) is 83.4 cm³/mol. The zero-order valence-corrected chi connectivity index (χ0v) is 12.6. The molecule has 2 heterocycles. The van der Waals surface area contributed by atoms with Crippen LogP contribution in [0.4, 0.5) is 0 Å². The van der Waals surface area contributed by atoms with E-state index in [1.807, 2.05) is 18.3 Å². The van der Waals surface area contributed by atoms with E-state index in [1.165, 1.54) is 38.5 Å². The van der Waals surface area contributed by atoms with Crippen molar-refractivity contribution in [2.24, 2.45) is 0 Å². The minimum Gasteiger partial charge on any atom is -0.377 e. The number of hydrogen-bond donors (Lipinski definition) is 0. The third-order valence-corrected chi connectivity index (χ3v) is 4.81. The van der Waals surface area contributed by atoms with E-state index in [0.717, 1.165) is 23.0 Å². The predicted octanol–water partition coefficient (Wildman–Crippen LogP) is 4.17. The summed E-state index contributed by atoms with van der Waals surface area (Å²) in [5.41, 5.74) is 1.15. The van der Waals surface area contributed by atoms with E-state index in [9.17, 15) is 0 Å². The van der Waals surface area contributed by atoms with Crippen molar-refractivity contribution in [1.29, 1.82) is 0 Å². The maximum atomic E-state index is 6.02. The van der Waals surface area contributed by atoms with Gasteiger partial charge in [0.15, 0.2) is 5.16 Å². The molecule has 2 aromatic heterocycles. The maximum absolute atomic E-state index is 6.02. The molecule has 0 N–H and O–H groups in total. The molecule has 0 aromatic carbocycles. The van der Waals surface area contributed by atoms with Crippen LogP contribution in [0.25, 0.3) is 5.52 Å². The third-order valence-electron chi connectivity index (χ3n) is 3.87. The van der Waals surface area contributed by atoms with E-state index in [-0.39, 0.29) is 0 Å². The Kier molecular flexibility index (Phi) is 4.98. The summed E-state index contributed by atoms with van der Waals surface area (Å²) in [6.45, 7) is 0.830. The second kappa shape index (κ2) is 7.14. The molecule has 2 aromatic rings. The number of ether oxygens (including phenoxy) is 1. The molecule has 1 saturated carbocycles. The van der Waals surface area contributed by atoms with Crippen molar-refractivity contribution < 1.29 is 4.74 Å². The minimum absolute atomic E-state index is 0.495. The number of fused-ring (bicyclic) bond motifs is 1. The lowest BCUT2D eigenvalue weighted by Gasteiger charge is -2.14. The highest BCUT2D eigenvalue weighted by molar-refractivity contribution is 7.99. The first-order chi connectivity index (χ1) is 9.93. The second-order valence-electron chi connectivity index (χ2n) is 5.37. The van der Waals surface area contributed by atoms with E-state index in [1.54, 1.807) is 11.8 Å². The summed E-state index contributed by atoms with van der Waals surface area (Å²) in [5.74, 6) is 0.977. The van der Waals surface area contributed by atoms with Crippen LogP contribution < -0.4 is 0 Å². The van der Waals surface area contributed by atoms with Crippen molar-refractivity contribution in [2.45, 2.75) is 49.8 Å². The summed E-state index contributed by atoms with van der Waals surface area (Å²) in [5, 5.41) is 1.06. The van der Waals surface area contributed by atoms with Crippen molar-refractivity contribution in [1.82, 2.24) is 9.38 Å². The smallest absolute Gasteiger partial charge is 0.172 e. The van der Waals surface area contributed by atoms with Gasteiger partial charge >= 0.3 is 0 Å². The summed E-state index contributed by atoms with van der Waals surface area (Å²) < 4.78 is 8.15. The standard InChI is InChI=1S/C16H22N2OS/c1-2-4-9-15(8-3-1)19-11-12-20-16-17-13-14-7-5-6-10-18(14)16/h5-7,10,13,15H,1-4,8-9,11-12H2. The summed E-state index contributed by atoms with van der Waals surface area (Å²) in [4.78, 5) is 4.47. The van der Waals surface area contributed by atoms with Gasteiger partial charge in [-0.25, -0.2) is 4.98 Å². The molecule has 20 heavy (non-hydrogen) atoms. The van der Waals surface area contributed by atoms with Gasteiger partial charge in [0, 0.05) is 11.9 Å². The van der Waals surface area contributed by atoms with E-state index in [2.05, 4.69) is 21.6 Å². The lowest BCUT2D eigenvalue weighted by atomic mass is 10.1. The molecular weight excluding hydrogens is 268 g/mol. The minimum atomic E-state index is 0.495. The molecule has 0 spiro atoms. The molecule has 4 heteroatoms. The van der Waals surface area contributed by atoms with E-state index in [0.29, 0.717) is 6.10 Å². The van der Waals surface area contributed by atoms with E-state index >= 15 is 0 Å². The van der Waals surface area contributed by atoms with Gasteiger partial charge in [0.05, 0.1) is 24.4 Å². The highest BCUT2D eigenvalue weighted by atomic mass is 32.2. The number of pyridine rings is 1. The Balaban J connectivity index is 1.45. The van der Waals surface area contributed by atoms with Crippen LogP contribution in [-0.4, -0.2) is 27.8 Å². The molecule has 0 unspecified atom stereocenters. The van der Waals surface area contributed by atoms with Gasteiger partial charge in [0.1, 0.15) is 0 Å². The number of hydrogen-bond acceptors (Lipinski definition) is 3. The van der Waals surface area contributed by atoms with Crippen molar-refractivity contribution in [3.05, 3.63) is 30.6 Å². The molecule has 0 aliphatic heterocycles. The Hall–Kier alpha value is -1.00. The van der Waals surface area contributed by atoms with Gasteiger partial charge in [-0.3, -0.25) is 4.40 Å². The lowest BCUT2D eigenvalue weighted by molar-refractivity contribution is 0.0542. The molecule has 0 amide bonds. The average Bonchev–Trinajstić information content (AvgIpc) is 2.71. The summed E-state index contributed by atoms with van der Waals surface area (Å²) in [6.07, 6.45) is 12.4. The Bertz CT molecular complexity index is 532. The first-order valence-electron chi connectivity index (χ1n) is 7.60. The van der Waals surface area contributed by atoms with Gasteiger partial charge in [-0.1, -0.05) is 43.5 Å². The molecule has 0 bridgehead atoms. The number of nitrogens with zero attached hydrogens (tertiary/aromatic N) is 2. The van der Waals surface area contributed by atoms with Gasteiger partial charge in [0.25, 0.3) is 0 Å². The van der Waals surface area contributed by atoms with E-state index in [4.69, 9.17) is 4.74 Å². The largest absolute Gasteiger partial charge is 0.377 e. The number of thioether (sulfide) groups is 1. The summed E-state index contributed by atoms with van der Waals surface area (Å²) in [6, 6.07) is 6.17. The Morgan fingerprint density at radius 2 is 2.05 bits per heavy atom. The van der Waals surface area contributed by atoms with Crippen molar-refractivity contribution in [3.8, 4) is 0 Å². The molecule has 0 radical (unpaired) electrons. The Morgan fingerprint density at radius 3 is 2.90 bits per heavy atom. The van der Waals surface area contributed by atoms with Crippen LogP contribution in [0.5, 0.6) is 0 Å². The number of rotatable bonds is 5. The average molecular weight is 290 g/mol. The number of aromatic nitrogens is 2. The van der Waals surface area contributed by atoms with E-state index < -0.39 is 0 Å². The molecule has 0 saturated heterocycles. The highest BCUT2D eigenvalue weighted by Crippen LogP contribution is 2.21. The third kappa shape index (κ3) is 3.55. The monoisotopic (exact) mass is 290 g/mol. The Labute approximate surface area is 124 Å². The molecular formula is C16H22N2OS. The molecule has 3 rings (SSSR count). The zero-order chi connectivity index (χ0) is 13.6. The Morgan fingerprint density at radius 1 is 1.20 bits per heavy atom. The van der Waals surface area contributed by atoms with Gasteiger partial charge < -0.3 is 4.74 Å². The maximum Gasteiger partial charge on any atom is 0.172 e. The summed E-state index contributed by atoms with van der Waals surface area (Å²) in [7, 11) is 0. The van der Waals surface area contributed by atoms with Crippen LogP contribution in [-0.2, 0) is 4.74 Å². The van der Waals surface area contributed by atoms with Crippen LogP contribution in [0, 0.1) is 0 Å². The lowest BCUT2D eigenvalue weighted by Crippen LogP contribution is -2.13. The SMILES string of the molecule is c1ccn2c(SCCOC3CCCCCC3)ncc2c1. The topological polar surface area (TPSA) is 26.5 Å². The van der Waals surface area contributed by atoms with Gasteiger partial charge in [-0.2, -0.15) is 0 Å². The first-order valence-corrected chi connectivity index (χ1v) is 8.58. The molecule has 1 fully saturated rings. The first kappa shape index (κ1) is 14.0. The van der Waals surface area contributed by atoms with Crippen LogP contribution in [0.2, 0.25) is 0 Å². The zero-order valence-electron chi connectivity index (χ0n) is 11.8. The normalized spacial score (nSPS) is 17.4. The van der Waals surface area contributed by atoms with Gasteiger partial charge in [-0.15, -0.1) is 0 Å². The van der Waals surface area contributed by atoms with Gasteiger partial charge in [0.2, 0.25) is 0 Å². The van der Waals surface area contributed by atoms with Crippen LogP contribution in [0.15, 0.2) is 35.7 Å². The molecule has 0 atom stereocenters. The summed E-state index contributed by atoms with van der Waals surface area (Å²) >= 11 is 1.78. The molecule has 1 aliphatic carbocycles. The molecule has 1 aliphatic rings. The number of imidazole rings is 1. The van der Waals surface area contributed by atoms with Crippen molar-refractivity contribution in [2.75, 3.05) is 12.4 Å². The fraction of sp³-hybridized carbons (Fsp3) is 0.562. The van der Waals surface area contributed by atoms with Crippen molar-refractivity contribution >= 4 is 17.3 Å².